The Bertz CT molecular complexity index is 487. The molecule has 16 heavy (non-hydrogen) atoms. The van der Waals surface area contributed by atoms with Crippen LogP contribution in [0.5, 0.6) is 0 Å². The summed E-state index contributed by atoms with van der Waals surface area (Å²) < 4.78 is 0. The lowest BCUT2D eigenvalue weighted by atomic mass is 10.1. The predicted molar refractivity (Wildman–Crippen MR) is 60.9 cm³/mol. The Morgan fingerprint density at radius 1 is 1.44 bits per heavy atom. The summed E-state index contributed by atoms with van der Waals surface area (Å²) in [5, 5.41) is 21.9. The second kappa shape index (κ2) is 4.94. The van der Waals surface area contributed by atoms with Gasteiger partial charge in [0.15, 0.2) is 0 Å². The van der Waals surface area contributed by atoms with E-state index < -0.39 is 4.92 Å². The van der Waals surface area contributed by atoms with Crippen molar-refractivity contribution in [1.29, 1.82) is 5.26 Å². The van der Waals surface area contributed by atoms with Gasteiger partial charge in [0.1, 0.15) is 0 Å². The number of rotatable bonds is 3. The fourth-order valence-electron chi connectivity index (χ4n) is 1.32. The maximum atomic E-state index is 10.7. The van der Waals surface area contributed by atoms with Crippen LogP contribution < -0.4 is 5.32 Å². The molecule has 1 aromatic carbocycles. The van der Waals surface area contributed by atoms with E-state index in [1.165, 1.54) is 18.3 Å². The minimum absolute atomic E-state index is 0.104. The SMILES string of the molecule is Cc1cc([N+](=O)[O-])c(C)cc1N/C=C/C#N. The first kappa shape index (κ1) is 11.7. The van der Waals surface area contributed by atoms with Crippen LogP contribution in [0, 0.1) is 35.3 Å². The summed E-state index contributed by atoms with van der Waals surface area (Å²) in [6.07, 6.45) is 2.80. The highest BCUT2D eigenvalue weighted by Gasteiger charge is 2.12. The van der Waals surface area contributed by atoms with Gasteiger partial charge >= 0.3 is 0 Å². The molecule has 1 N–H and O–H groups in total. The predicted octanol–water partition coefficient (Wildman–Crippen LogP) is 2.66. The molecule has 0 atom stereocenters. The number of nitrogens with zero attached hydrogens (tertiary/aromatic N) is 2. The van der Waals surface area contributed by atoms with Gasteiger partial charge in [-0.2, -0.15) is 5.26 Å². The summed E-state index contributed by atoms with van der Waals surface area (Å²) in [7, 11) is 0. The van der Waals surface area contributed by atoms with Crippen LogP contribution >= 0.6 is 0 Å². The fraction of sp³-hybridized carbons (Fsp3) is 0.182. The average Bonchev–Trinajstić information content (AvgIpc) is 2.22. The lowest BCUT2D eigenvalue weighted by molar-refractivity contribution is -0.385. The summed E-state index contributed by atoms with van der Waals surface area (Å²) in [4.78, 5) is 10.3. The smallest absolute Gasteiger partial charge is 0.272 e. The number of hydrogen-bond donors (Lipinski definition) is 1. The maximum absolute atomic E-state index is 10.7. The zero-order chi connectivity index (χ0) is 12.1. The Labute approximate surface area is 93.2 Å². The van der Waals surface area contributed by atoms with Gasteiger partial charge in [-0.05, 0) is 25.5 Å². The van der Waals surface area contributed by atoms with Crippen molar-refractivity contribution in [2.24, 2.45) is 0 Å². The van der Waals surface area contributed by atoms with Gasteiger partial charge in [0.25, 0.3) is 5.69 Å². The monoisotopic (exact) mass is 217 g/mol. The van der Waals surface area contributed by atoms with Crippen LogP contribution in [0.2, 0.25) is 0 Å². The first-order chi connectivity index (χ1) is 7.56. The molecule has 0 bridgehead atoms. The summed E-state index contributed by atoms with van der Waals surface area (Å²) >= 11 is 0. The molecule has 0 aromatic heterocycles. The second-order valence-corrected chi connectivity index (χ2v) is 3.32. The number of hydrogen-bond acceptors (Lipinski definition) is 4. The molecule has 0 heterocycles. The summed E-state index contributed by atoms with van der Waals surface area (Å²) in [6.45, 7) is 3.45. The van der Waals surface area contributed by atoms with Gasteiger partial charge < -0.3 is 5.32 Å². The number of aryl methyl sites for hydroxylation is 2. The Kier molecular flexibility index (Phi) is 3.62. The van der Waals surface area contributed by atoms with Gasteiger partial charge in [0.2, 0.25) is 0 Å². The van der Waals surface area contributed by atoms with Crippen LogP contribution in [-0.4, -0.2) is 4.92 Å². The van der Waals surface area contributed by atoms with Gasteiger partial charge in [0, 0.05) is 29.6 Å². The molecule has 5 heteroatoms. The van der Waals surface area contributed by atoms with Gasteiger partial charge in [-0.15, -0.1) is 0 Å². The van der Waals surface area contributed by atoms with Crippen molar-refractivity contribution in [2.45, 2.75) is 13.8 Å². The molecule has 0 spiro atoms. The van der Waals surface area contributed by atoms with E-state index in [0.29, 0.717) is 5.56 Å². The molecule has 82 valence electrons. The Morgan fingerprint density at radius 3 is 2.69 bits per heavy atom. The van der Waals surface area contributed by atoms with E-state index in [9.17, 15) is 10.1 Å². The third kappa shape index (κ3) is 2.58. The van der Waals surface area contributed by atoms with Crippen molar-refractivity contribution in [2.75, 3.05) is 5.32 Å². The molecule has 0 aliphatic carbocycles. The van der Waals surface area contributed by atoms with Crippen LogP contribution in [0.3, 0.4) is 0 Å². The molecule has 1 aromatic rings. The number of nitriles is 1. The molecule has 5 nitrogen and oxygen atoms in total. The highest BCUT2D eigenvalue weighted by atomic mass is 16.6. The molecule has 0 aliphatic heterocycles. The minimum atomic E-state index is -0.406. The largest absolute Gasteiger partial charge is 0.361 e. The van der Waals surface area contributed by atoms with Crippen LogP contribution in [-0.2, 0) is 0 Å². The molecule has 0 saturated carbocycles. The number of benzene rings is 1. The van der Waals surface area contributed by atoms with E-state index in [1.807, 2.05) is 6.07 Å². The van der Waals surface area contributed by atoms with Crippen molar-refractivity contribution >= 4 is 11.4 Å². The third-order valence-electron chi connectivity index (χ3n) is 2.14. The lowest BCUT2D eigenvalue weighted by Crippen LogP contribution is -1.96. The van der Waals surface area contributed by atoms with Gasteiger partial charge in [-0.3, -0.25) is 10.1 Å². The topological polar surface area (TPSA) is 79.0 Å². The van der Waals surface area contributed by atoms with Crippen molar-refractivity contribution in [3.63, 3.8) is 0 Å². The fourth-order valence-corrected chi connectivity index (χ4v) is 1.32. The highest BCUT2D eigenvalue weighted by molar-refractivity contribution is 5.60. The second-order valence-electron chi connectivity index (χ2n) is 3.32. The van der Waals surface area contributed by atoms with Crippen LogP contribution in [0.25, 0.3) is 0 Å². The first-order valence-corrected chi connectivity index (χ1v) is 4.63. The summed E-state index contributed by atoms with van der Waals surface area (Å²) in [5.41, 5.74) is 2.21. The molecule has 0 aliphatic rings. The van der Waals surface area contributed by atoms with Crippen LogP contribution in [0.1, 0.15) is 11.1 Å². The van der Waals surface area contributed by atoms with Crippen molar-refractivity contribution in [3.8, 4) is 6.07 Å². The summed E-state index contributed by atoms with van der Waals surface area (Å²) in [5.74, 6) is 0. The lowest BCUT2D eigenvalue weighted by Gasteiger charge is -2.06. The average molecular weight is 217 g/mol. The standard InChI is InChI=1S/C11H11N3O2/c1-8-7-11(14(15)16)9(2)6-10(8)13-5-3-4-12/h3,5-7,13H,1-2H3/b5-3+. The van der Waals surface area contributed by atoms with E-state index in [2.05, 4.69) is 5.32 Å². The Hall–Kier alpha value is -2.35. The zero-order valence-electron chi connectivity index (χ0n) is 9.02. The van der Waals surface area contributed by atoms with Crippen LogP contribution in [0.4, 0.5) is 11.4 Å². The van der Waals surface area contributed by atoms with Crippen molar-refractivity contribution in [1.82, 2.24) is 0 Å². The molecule has 0 saturated heterocycles. The van der Waals surface area contributed by atoms with Crippen LogP contribution in [0.15, 0.2) is 24.4 Å². The molecule has 0 amide bonds. The Morgan fingerprint density at radius 2 is 2.12 bits per heavy atom. The third-order valence-corrected chi connectivity index (χ3v) is 2.14. The van der Waals surface area contributed by atoms with E-state index in [4.69, 9.17) is 5.26 Å². The van der Waals surface area contributed by atoms with E-state index >= 15 is 0 Å². The van der Waals surface area contributed by atoms with Crippen molar-refractivity contribution in [3.05, 3.63) is 45.6 Å². The number of allylic oxidation sites excluding steroid dienone is 1. The van der Waals surface area contributed by atoms with E-state index in [-0.39, 0.29) is 5.69 Å². The quantitative estimate of drug-likeness (QED) is 0.479. The van der Waals surface area contributed by atoms with Gasteiger partial charge in [-0.1, -0.05) is 0 Å². The molecule has 0 fully saturated rings. The number of nitro benzene ring substituents is 1. The molecular weight excluding hydrogens is 206 g/mol. The summed E-state index contributed by atoms with van der Waals surface area (Å²) in [6, 6.07) is 5.05. The number of nitrogens with one attached hydrogen (secondary N) is 1. The minimum Gasteiger partial charge on any atom is -0.361 e. The number of anilines is 1. The number of nitro groups is 1. The van der Waals surface area contributed by atoms with E-state index in [0.717, 1.165) is 11.3 Å². The maximum Gasteiger partial charge on any atom is 0.272 e. The van der Waals surface area contributed by atoms with Gasteiger partial charge in [0.05, 0.1) is 11.0 Å². The molecule has 0 radical (unpaired) electrons. The molecule has 1 rings (SSSR count). The van der Waals surface area contributed by atoms with Crippen molar-refractivity contribution < 1.29 is 4.92 Å². The zero-order valence-corrected chi connectivity index (χ0v) is 9.02. The normalized spacial score (nSPS) is 10.1. The molecular formula is C11H11N3O2. The van der Waals surface area contributed by atoms with Gasteiger partial charge in [-0.25, -0.2) is 0 Å². The first-order valence-electron chi connectivity index (χ1n) is 4.63. The van der Waals surface area contributed by atoms with E-state index in [1.54, 1.807) is 19.9 Å². The molecule has 0 unspecified atom stereocenters. The Balaban J connectivity index is 3.06. The highest BCUT2D eigenvalue weighted by Crippen LogP contribution is 2.25.